The number of aromatic nitrogens is 1. The van der Waals surface area contributed by atoms with Crippen molar-refractivity contribution in [3.63, 3.8) is 0 Å². The molecule has 182 valence electrons. The van der Waals surface area contributed by atoms with Crippen LogP contribution in [0.5, 0.6) is 5.75 Å². The molecule has 0 saturated heterocycles. The van der Waals surface area contributed by atoms with Crippen LogP contribution < -0.4 is 4.74 Å². The summed E-state index contributed by atoms with van der Waals surface area (Å²) >= 11 is 0. The highest BCUT2D eigenvalue weighted by atomic mass is 19.4. The van der Waals surface area contributed by atoms with Gasteiger partial charge in [-0.15, -0.1) is 0 Å². The third-order valence-corrected chi connectivity index (χ3v) is 5.76. The molecule has 0 bridgehead atoms. The lowest BCUT2D eigenvalue weighted by atomic mass is 9.84. The van der Waals surface area contributed by atoms with E-state index in [0.717, 1.165) is 37.1 Å². The quantitative estimate of drug-likeness (QED) is 0.374. The van der Waals surface area contributed by atoms with Gasteiger partial charge in [-0.3, -0.25) is 0 Å². The zero-order chi connectivity index (χ0) is 25.2. The second-order valence-corrected chi connectivity index (χ2v) is 8.12. The first-order valence-corrected chi connectivity index (χ1v) is 10.8. The van der Waals surface area contributed by atoms with Gasteiger partial charge < -0.3 is 9.84 Å². The summed E-state index contributed by atoms with van der Waals surface area (Å²) in [5.41, 5.74) is 1.09. The molecule has 0 aliphatic heterocycles. The van der Waals surface area contributed by atoms with E-state index in [1.54, 1.807) is 6.07 Å². The topological polar surface area (TPSA) is 59.4 Å². The summed E-state index contributed by atoms with van der Waals surface area (Å²) in [6.07, 6.45) is -2.16. The van der Waals surface area contributed by atoms with Gasteiger partial charge in [-0.25, -0.2) is 18.6 Å². The standard InChI is InChI=1S/C26H20F5NO3/c27-20-10-8-15(12-21(20)28)14-35-24-11-9-16(26(29,30)31)13-19(24)17-4-1-2-5-18(17)22-6-3-7-23(32-22)25(33)34/h3,6-13H,1-2,4-5,14H2,(H,33,34). The Morgan fingerprint density at radius 2 is 1.69 bits per heavy atom. The van der Waals surface area contributed by atoms with Crippen molar-refractivity contribution < 1.29 is 36.6 Å². The lowest BCUT2D eigenvalue weighted by Gasteiger charge is -2.23. The number of pyridine rings is 1. The van der Waals surface area contributed by atoms with Crippen molar-refractivity contribution in [3.05, 3.63) is 94.3 Å². The monoisotopic (exact) mass is 489 g/mol. The summed E-state index contributed by atoms with van der Waals surface area (Å²) in [7, 11) is 0. The van der Waals surface area contributed by atoms with E-state index < -0.39 is 29.3 Å². The highest BCUT2D eigenvalue weighted by Crippen LogP contribution is 2.43. The first-order valence-electron chi connectivity index (χ1n) is 10.8. The van der Waals surface area contributed by atoms with Crippen LogP contribution in [0.1, 0.15) is 58.6 Å². The first-order chi connectivity index (χ1) is 16.6. The predicted octanol–water partition coefficient (Wildman–Crippen LogP) is 7.14. The first kappa shape index (κ1) is 24.4. The van der Waals surface area contributed by atoms with Gasteiger partial charge in [-0.2, -0.15) is 13.2 Å². The van der Waals surface area contributed by atoms with Crippen LogP contribution in [0.4, 0.5) is 22.0 Å². The van der Waals surface area contributed by atoms with Gasteiger partial charge in [0, 0.05) is 5.56 Å². The Hall–Kier alpha value is -3.75. The maximum absolute atomic E-state index is 13.6. The Kier molecular flexibility index (Phi) is 6.86. The fourth-order valence-corrected chi connectivity index (χ4v) is 4.07. The van der Waals surface area contributed by atoms with Crippen molar-refractivity contribution in [1.82, 2.24) is 4.98 Å². The van der Waals surface area contributed by atoms with Crippen molar-refractivity contribution in [2.24, 2.45) is 0 Å². The van der Waals surface area contributed by atoms with Crippen molar-refractivity contribution >= 4 is 17.1 Å². The van der Waals surface area contributed by atoms with Crippen LogP contribution in [0.2, 0.25) is 0 Å². The Morgan fingerprint density at radius 1 is 0.943 bits per heavy atom. The minimum Gasteiger partial charge on any atom is -0.488 e. The van der Waals surface area contributed by atoms with E-state index >= 15 is 0 Å². The zero-order valence-electron chi connectivity index (χ0n) is 18.3. The molecule has 1 aliphatic rings. The van der Waals surface area contributed by atoms with E-state index in [4.69, 9.17) is 4.74 Å². The number of benzene rings is 2. The molecule has 0 amide bonds. The molecule has 0 unspecified atom stereocenters. The number of halogens is 5. The molecule has 1 heterocycles. The van der Waals surface area contributed by atoms with E-state index in [-0.39, 0.29) is 23.6 Å². The lowest BCUT2D eigenvalue weighted by molar-refractivity contribution is -0.137. The highest BCUT2D eigenvalue weighted by molar-refractivity contribution is 5.93. The molecule has 0 radical (unpaired) electrons. The van der Waals surface area contributed by atoms with E-state index in [0.29, 0.717) is 35.2 Å². The number of hydrogen-bond acceptors (Lipinski definition) is 3. The summed E-state index contributed by atoms with van der Waals surface area (Å²) in [5, 5.41) is 9.30. The van der Waals surface area contributed by atoms with E-state index in [1.165, 1.54) is 24.3 Å². The molecular weight excluding hydrogens is 469 g/mol. The summed E-state index contributed by atoms with van der Waals surface area (Å²) in [6, 6.07) is 10.9. The van der Waals surface area contributed by atoms with Crippen LogP contribution in [0.25, 0.3) is 11.1 Å². The molecule has 9 heteroatoms. The molecule has 0 saturated carbocycles. The van der Waals surface area contributed by atoms with Gasteiger partial charge in [0.15, 0.2) is 11.6 Å². The van der Waals surface area contributed by atoms with E-state index in [9.17, 15) is 31.9 Å². The number of rotatable bonds is 6. The van der Waals surface area contributed by atoms with Crippen LogP contribution >= 0.6 is 0 Å². The largest absolute Gasteiger partial charge is 0.488 e. The van der Waals surface area contributed by atoms with Gasteiger partial charge in [-0.05, 0) is 84.9 Å². The van der Waals surface area contributed by atoms with Crippen LogP contribution in [-0.2, 0) is 12.8 Å². The second kappa shape index (κ2) is 9.85. The number of carbonyl (C=O) groups is 1. The normalized spacial score (nSPS) is 14.2. The van der Waals surface area contributed by atoms with Crippen LogP contribution in [-0.4, -0.2) is 16.1 Å². The molecule has 0 atom stereocenters. The van der Waals surface area contributed by atoms with Gasteiger partial charge in [0.1, 0.15) is 18.1 Å². The minimum absolute atomic E-state index is 0.145. The van der Waals surface area contributed by atoms with Gasteiger partial charge in [-0.1, -0.05) is 12.1 Å². The Balaban J connectivity index is 1.80. The van der Waals surface area contributed by atoms with Crippen molar-refractivity contribution in [2.75, 3.05) is 0 Å². The lowest BCUT2D eigenvalue weighted by Crippen LogP contribution is -2.09. The molecule has 1 N–H and O–H groups in total. The molecule has 2 aromatic carbocycles. The molecule has 0 fully saturated rings. The number of nitrogens with zero attached hydrogens (tertiary/aromatic N) is 1. The average Bonchev–Trinajstić information content (AvgIpc) is 2.84. The number of ether oxygens (including phenoxy) is 1. The zero-order valence-corrected chi connectivity index (χ0v) is 18.3. The third kappa shape index (κ3) is 5.50. The molecule has 35 heavy (non-hydrogen) atoms. The number of alkyl halides is 3. The summed E-state index contributed by atoms with van der Waals surface area (Å²) < 4.78 is 73.2. The Morgan fingerprint density at radius 3 is 2.37 bits per heavy atom. The summed E-state index contributed by atoms with van der Waals surface area (Å²) in [4.78, 5) is 15.6. The molecule has 4 rings (SSSR count). The maximum Gasteiger partial charge on any atom is 0.416 e. The SMILES string of the molecule is O=C(O)c1cccc(C2=C(c3cc(C(F)(F)F)ccc3OCc3ccc(F)c(F)c3)CCCC2)n1. The molecule has 1 aromatic heterocycles. The van der Waals surface area contributed by atoms with Crippen LogP contribution in [0.15, 0.2) is 54.6 Å². The average molecular weight is 489 g/mol. The van der Waals surface area contributed by atoms with Gasteiger partial charge in [0.05, 0.1) is 11.3 Å². The molecular formula is C26H20F5NO3. The van der Waals surface area contributed by atoms with Gasteiger partial charge >= 0.3 is 12.1 Å². The number of carboxylic acids is 1. The van der Waals surface area contributed by atoms with E-state index in [2.05, 4.69) is 4.98 Å². The van der Waals surface area contributed by atoms with E-state index in [1.807, 2.05) is 0 Å². The van der Waals surface area contributed by atoms with Gasteiger partial charge in [0.25, 0.3) is 0 Å². The molecule has 1 aliphatic carbocycles. The highest BCUT2D eigenvalue weighted by Gasteiger charge is 2.32. The summed E-state index contributed by atoms with van der Waals surface area (Å²) in [6.45, 7) is -0.190. The molecule has 0 spiro atoms. The molecule has 3 aromatic rings. The third-order valence-electron chi connectivity index (χ3n) is 5.76. The van der Waals surface area contributed by atoms with Crippen molar-refractivity contribution in [1.29, 1.82) is 0 Å². The molecule has 4 nitrogen and oxygen atoms in total. The smallest absolute Gasteiger partial charge is 0.416 e. The number of carboxylic acid groups (broad SMARTS) is 1. The number of aromatic carboxylic acids is 1. The van der Waals surface area contributed by atoms with Crippen LogP contribution in [0, 0.1) is 11.6 Å². The Bertz CT molecular complexity index is 1300. The van der Waals surface area contributed by atoms with Crippen molar-refractivity contribution in [2.45, 2.75) is 38.5 Å². The second-order valence-electron chi connectivity index (χ2n) is 8.12. The Labute approximate surface area is 197 Å². The summed E-state index contributed by atoms with van der Waals surface area (Å²) in [5.74, 6) is -3.14. The fourth-order valence-electron chi connectivity index (χ4n) is 4.07. The van der Waals surface area contributed by atoms with Gasteiger partial charge in [0.2, 0.25) is 0 Å². The van der Waals surface area contributed by atoms with Crippen LogP contribution in [0.3, 0.4) is 0 Å². The predicted molar refractivity (Wildman–Crippen MR) is 119 cm³/mol. The van der Waals surface area contributed by atoms with Crippen molar-refractivity contribution in [3.8, 4) is 5.75 Å². The minimum atomic E-state index is -4.59. The number of hydrogen-bond donors (Lipinski definition) is 1. The fraction of sp³-hybridized carbons (Fsp3) is 0.231. The maximum atomic E-state index is 13.6. The number of allylic oxidation sites excluding steroid dienone is 2.